The predicted octanol–water partition coefficient (Wildman–Crippen LogP) is 4.35. The molecule has 0 spiro atoms. The van der Waals surface area contributed by atoms with Gasteiger partial charge in [-0.15, -0.1) is 0 Å². The highest BCUT2D eigenvalue weighted by molar-refractivity contribution is 7.99. The summed E-state index contributed by atoms with van der Waals surface area (Å²) in [5.74, 6) is -0.224. The van der Waals surface area contributed by atoms with E-state index in [0.717, 1.165) is 26.9 Å². The number of nitrogens with one attached hydrogen (secondary N) is 1. The van der Waals surface area contributed by atoms with Crippen LogP contribution in [0.15, 0.2) is 52.3 Å². The molecule has 0 heterocycles. The zero-order valence-electron chi connectivity index (χ0n) is 9.91. The molecule has 0 saturated carbocycles. The third kappa shape index (κ3) is 3.48. The molecule has 1 nitrogen and oxygen atoms in total. The molecule has 0 aromatic heterocycles. The van der Waals surface area contributed by atoms with Crippen molar-refractivity contribution in [2.24, 2.45) is 0 Å². The summed E-state index contributed by atoms with van der Waals surface area (Å²) in [5, 5.41) is 3.79. The molecule has 2 rings (SSSR count). The van der Waals surface area contributed by atoms with Crippen LogP contribution in [0.3, 0.4) is 0 Å². The van der Waals surface area contributed by atoms with E-state index in [-0.39, 0.29) is 5.82 Å². The second-order valence-electron chi connectivity index (χ2n) is 3.84. The van der Waals surface area contributed by atoms with Crippen molar-refractivity contribution in [1.29, 1.82) is 0 Å². The second kappa shape index (κ2) is 6.23. The van der Waals surface area contributed by atoms with Gasteiger partial charge in [-0.3, -0.25) is 0 Å². The van der Waals surface area contributed by atoms with Gasteiger partial charge in [0.15, 0.2) is 0 Å². The molecular weight excluding hydrogens is 269 g/mol. The highest BCUT2D eigenvalue weighted by atomic mass is 35.5. The highest BCUT2D eigenvalue weighted by Crippen LogP contribution is 2.31. The molecule has 0 aliphatic carbocycles. The number of halogens is 2. The predicted molar refractivity (Wildman–Crippen MR) is 74.7 cm³/mol. The van der Waals surface area contributed by atoms with Gasteiger partial charge in [0.25, 0.3) is 0 Å². The number of rotatable bonds is 4. The van der Waals surface area contributed by atoms with Crippen LogP contribution in [-0.2, 0) is 6.54 Å². The second-order valence-corrected chi connectivity index (χ2v) is 5.40. The summed E-state index contributed by atoms with van der Waals surface area (Å²) < 4.78 is 13.1. The summed E-state index contributed by atoms with van der Waals surface area (Å²) in [4.78, 5) is 1.87. The number of hydrogen-bond donors (Lipinski definition) is 1. The molecule has 0 fully saturated rings. The zero-order valence-corrected chi connectivity index (χ0v) is 11.5. The van der Waals surface area contributed by atoms with Gasteiger partial charge < -0.3 is 5.32 Å². The Morgan fingerprint density at radius 1 is 1.17 bits per heavy atom. The monoisotopic (exact) mass is 281 g/mol. The van der Waals surface area contributed by atoms with E-state index in [0.29, 0.717) is 0 Å². The average molecular weight is 282 g/mol. The molecule has 18 heavy (non-hydrogen) atoms. The van der Waals surface area contributed by atoms with Gasteiger partial charge in [-0.2, -0.15) is 0 Å². The van der Waals surface area contributed by atoms with Crippen LogP contribution >= 0.6 is 23.4 Å². The maximum Gasteiger partial charge on any atom is 0.124 e. The minimum absolute atomic E-state index is 0.224. The van der Waals surface area contributed by atoms with Gasteiger partial charge >= 0.3 is 0 Å². The van der Waals surface area contributed by atoms with Crippen LogP contribution in [0.5, 0.6) is 0 Å². The van der Waals surface area contributed by atoms with Crippen molar-refractivity contribution in [2.75, 3.05) is 7.05 Å². The van der Waals surface area contributed by atoms with Gasteiger partial charge in [0, 0.05) is 21.4 Å². The fourth-order valence-electron chi connectivity index (χ4n) is 1.59. The Morgan fingerprint density at radius 3 is 2.61 bits per heavy atom. The molecular formula is C14H13ClFNS. The summed E-state index contributed by atoms with van der Waals surface area (Å²) >= 11 is 7.68. The largest absolute Gasteiger partial charge is 0.316 e. The van der Waals surface area contributed by atoms with E-state index in [2.05, 4.69) is 5.32 Å². The molecule has 94 valence electrons. The van der Waals surface area contributed by atoms with Crippen LogP contribution in [0.4, 0.5) is 4.39 Å². The van der Waals surface area contributed by atoms with Gasteiger partial charge in [0.2, 0.25) is 0 Å². The Labute approximate surface area is 115 Å². The van der Waals surface area contributed by atoms with Crippen molar-refractivity contribution in [2.45, 2.75) is 16.3 Å². The molecule has 2 aromatic rings. The van der Waals surface area contributed by atoms with Crippen molar-refractivity contribution >= 4 is 23.4 Å². The molecule has 0 saturated heterocycles. The van der Waals surface area contributed by atoms with Crippen LogP contribution in [-0.4, -0.2) is 7.05 Å². The third-order valence-electron chi connectivity index (χ3n) is 2.42. The van der Waals surface area contributed by atoms with Crippen LogP contribution < -0.4 is 5.32 Å². The molecule has 0 radical (unpaired) electrons. The number of benzene rings is 2. The first kappa shape index (κ1) is 13.4. The standard InChI is InChI=1S/C14H13ClFNS/c1-17-9-10-5-6-13(8-14(10)15)18-12-4-2-3-11(16)7-12/h2-8,17H,9H2,1H3. The fraction of sp³-hybridized carbons (Fsp3) is 0.143. The lowest BCUT2D eigenvalue weighted by molar-refractivity contribution is 0.624. The van der Waals surface area contributed by atoms with E-state index in [1.165, 1.54) is 23.9 Å². The Hall–Kier alpha value is -1.03. The minimum Gasteiger partial charge on any atom is -0.316 e. The minimum atomic E-state index is -0.224. The van der Waals surface area contributed by atoms with E-state index in [1.807, 2.05) is 31.3 Å². The summed E-state index contributed by atoms with van der Waals surface area (Å²) in [6.07, 6.45) is 0. The first-order valence-corrected chi connectivity index (χ1v) is 6.75. The van der Waals surface area contributed by atoms with Crippen LogP contribution in [0.2, 0.25) is 5.02 Å². The first-order chi connectivity index (χ1) is 8.69. The average Bonchev–Trinajstić information content (AvgIpc) is 2.33. The summed E-state index contributed by atoms with van der Waals surface area (Å²) in [6.45, 7) is 0.740. The Bertz CT molecular complexity index is 545. The molecule has 2 aromatic carbocycles. The van der Waals surface area contributed by atoms with E-state index in [4.69, 9.17) is 11.6 Å². The Balaban J connectivity index is 2.17. The number of hydrogen-bond acceptors (Lipinski definition) is 2. The van der Waals surface area contributed by atoms with Crippen LogP contribution in [0, 0.1) is 5.82 Å². The summed E-state index contributed by atoms with van der Waals surface area (Å²) in [7, 11) is 1.88. The lowest BCUT2D eigenvalue weighted by atomic mass is 10.2. The topological polar surface area (TPSA) is 12.0 Å². The van der Waals surface area contributed by atoms with Crippen molar-refractivity contribution in [3.63, 3.8) is 0 Å². The smallest absolute Gasteiger partial charge is 0.124 e. The van der Waals surface area contributed by atoms with E-state index in [1.54, 1.807) is 6.07 Å². The fourth-order valence-corrected chi connectivity index (χ4v) is 2.81. The molecule has 4 heteroatoms. The zero-order chi connectivity index (χ0) is 13.0. The lowest BCUT2D eigenvalue weighted by Gasteiger charge is -2.06. The Kier molecular flexibility index (Phi) is 4.64. The molecule has 0 amide bonds. The molecule has 0 aliphatic rings. The first-order valence-electron chi connectivity index (χ1n) is 5.55. The quantitative estimate of drug-likeness (QED) is 0.894. The molecule has 0 unspecified atom stereocenters. The maximum atomic E-state index is 13.1. The van der Waals surface area contributed by atoms with E-state index >= 15 is 0 Å². The third-order valence-corrected chi connectivity index (χ3v) is 3.75. The SMILES string of the molecule is CNCc1ccc(Sc2cccc(F)c2)cc1Cl. The molecule has 0 bridgehead atoms. The maximum absolute atomic E-state index is 13.1. The molecule has 0 aliphatic heterocycles. The molecule has 0 atom stereocenters. The van der Waals surface area contributed by atoms with Crippen LogP contribution in [0.25, 0.3) is 0 Å². The van der Waals surface area contributed by atoms with Crippen molar-refractivity contribution < 1.29 is 4.39 Å². The van der Waals surface area contributed by atoms with Crippen molar-refractivity contribution in [3.05, 3.63) is 58.9 Å². The van der Waals surface area contributed by atoms with Crippen molar-refractivity contribution in [3.8, 4) is 0 Å². The summed E-state index contributed by atoms with van der Waals surface area (Å²) in [5.41, 5.74) is 1.06. The normalized spacial score (nSPS) is 10.6. The van der Waals surface area contributed by atoms with Gasteiger partial charge in [0.1, 0.15) is 5.82 Å². The summed E-state index contributed by atoms with van der Waals surface area (Å²) in [6, 6.07) is 12.4. The van der Waals surface area contributed by atoms with Gasteiger partial charge in [-0.1, -0.05) is 35.5 Å². The molecule has 1 N–H and O–H groups in total. The van der Waals surface area contributed by atoms with Crippen LogP contribution in [0.1, 0.15) is 5.56 Å². The van der Waals surface area contributed by atoms with Gasteiger partial charge in [-0.25, -0.2) is 4.39 Å². The lowest BCUT2D eigenvalue weighted by Crippen LogP contribution is -2.05. The highest BCUT2D eigenvalue weighted by Gasteiger charge is 2.03. The van der Waals surface area contributed by atoms with Gasteiger partial charge in [0.05, 0.1) is 0 Å². The van der Waals surface area contributed by atoms with Gasteiger partial charge in [-0.05, 0) is 42.9 Å². The van der Waals surface area contributed by atoms with E-state index < -0.39 is 0 Å². The van der Waals surface area contributed by atoms with Crippen molar-refractivity contribution in [1.82, 2.24) is 5.32 Å². The van der Waals surface area contributed by atoms with E-state index in [9.17, 15) is 4.39 Å². The Morgan fingerprint density at radius 2 is 1.94 bits per heavy atom.